The number of amides is 1. The first-order valence-corrected chi connectivity index (χ1v) is 12.1. The average molecular weight is 512 g/mol. The number of carbonyl (C=O) groups is 3. The normalized spacial score (nSPS) is 13.4. The predicted molar refractivity (Wildman–Crippen MR) is 140 cm³/mol. The maximum absolute atomic E-state index is 12.9. The zero-order valence-electron chi connectivity index (χ0n) is 20.4. The summed E-state index contributed by atoms with van der Waals surface area (Å²) in [5.41, 5.74) is 4.72. The van der Waals surface area contributed by atoms with Crippen molar-refractivity contribution in [1.29, 1.82) is 0 Å². The molecule has 36 heavy (non-hydrogen) atoms. The lowest BCUT2D eigenvalue weighted by Crippen LogP contribution is -2.44. The van der Waals surface area contributed by atoms with E-state index in [4.69, 9.17) is 24.5 Å². The summed E-state index contributed by atoms with van der Waals surface area (Å²) in [6.45, 7) is 5.94. The molecule has 190 valence electrons. The fourth-order valence-corrected chi connectivity index (χ4v) is 4.60. The van der Waals surface area contributed by atoms with Gasteiger partial charge in [0.2, 0.25) is 0 Å². The molecule has 1 aromatic heterocycles. The van der Waals surface area contributed by atoms with E-state index >= 15 is 0 Å². The summed E-state index contributed by atoms with van der Waals surface area (Å²) >= 11 is 1.71. The van der Waals surface area contributed by atoms with Crippen molar-refractivity contribution in [1.82, 2.24) is 4.90 Å². The maximum Gasteiger partial charge on any atom is 0.414 e. The molecular formula is C26H29N3O6S. The van der Waals surface area contributed by atoms with Gasteiger partial charge in [-0.2, -0.15) is 0 Å². The number of carbonyl (C=O) groups excluding carboxylic acids is 1. The Morgan fingerprint density at radius 1 is 0.972 bits per heavy atom. The quantitative estimate of drug-likeness (QED) is 0.442. The summed E-state index contributed by atoms with van der Waals surface area (Å²) in [5, 5.41) is 19.9. The van der Waals surface area contributed by atoms with Crippen LogP contribution in [0.4, 0.5) is 11.4 Å². The van der Waals surface area contributed by atoms with Crippen LogP contribution in [0.15, 0.2) is 53.9 Å². The Morgan fingerprint density at radius 3 is 2.22 bits per heavy atom. The van der Waals surface area contributed by atoms with Gasteiger partial charge in [0.15, 0.2) is 0 Å². The van der Waals surface area contributed by atoms with Crippen molar-refractivity contribution in [2.24, 2.45) is 0 Å². The number of anilines is 2. The number of rotatable bonds is 5. The molecule has 3 aromatic rings. The Labute approximate surface area is 213 Å². The molecule has 10 heteroatoms. The SMILES string of the molecule is COc1ccc(NC(=O)c2ccc(-c3cccs3)c(C)c2)cc1N1CCN(C)CC1.O=C(O)C(=O)O. The zero-order chi connectivity index (χ0) is 26.2. The molecule has 0 saturated carbocycles. The number of carboxylic acid groups (broad SMARTS) is 2. The third kappa shape index (κ3) is 6.83. The summed E-state index contributed by atoms with van der Waals surface area (Å²) in [6, 6.07) is 15.8. The second-order valence-electron chi connectivity index (χ2n) is 8.25. The number of methoxy groups -OCH3 is 1. The molecule has 0 unspecified atom stereocenters. The van der Waals surface area contributed by atoms with Crippen molar-refractivity contribution in [3.05, 3.63) is 65.0 Å². The van der Waals surface area contributed by atoms with E-state index in [0.29, 0.717) is 5.56 Å². The van der Waals surface area contributed by atoms with Crippen LogP contribution in [0.2, 0.25) is 0 Å². The van der Waals surface area contributed by atoms with Gasteiger partial charge in [-0.3, -0.25) is 4.79 Å². The van der Waals surface area contributed by atoms with Gasteiger partial charge in [-0.05, 0) is 66.9 Å². The minimum Gasteiger partial charge on any atom is -0.495 e. The van der Waals surface area contributed by atoms with Crippen molar-refractivity contribution in [2.75, 3.05) is 50.6 Å². The van der Waals surface area contributed by atoms with Crippen molar-refractivity contribution in [3.8, 4) is 16.2 Å². The average Bonchev–Trinajstić information content (AvgIpc) is 3.39. The highest BCUT2D eigenvalue weighted by atomic mass is 32.1. The van der Waals surface area contributed by atoms with Crippen LogP contribution in [0.5, 0.6) is 5.75 Å². The number of benzene rings is 2. The van der Waals surface area contributed by atoms with Crippen LogP contribution < -0.4 is 15.0 Å². The van der Waals surface area contributed by atoms with E-state index < -0.39 is 11.9 Å². The molecule has 1 fully saturated rings. The second-order valence-corrected chi connectivity index (χ2v) is 9.20. The van der Waals surface area contributed by atoms with Gasteiger partial charge in [-0.25, -0.2) is 9.59 Å². The van der Waals surface area contributed by atoms with Gasteiger partial charge in [-0.1, -0.05) is 12.1 Å². The number of hydrogen-bond acceptors (Lipinski definition) is 7. The molecule has 1 aliphatic heterocycles. The number of ether oxygens (including phenoxy) is 1. The number of aryl methyl sites for hydroxylation is 1. The van der Waals surface area contributed by atoms with Crippen LogP contribution in [0, 0.1) is 6.92 Å². The van der Waals surface area contributed by atoms with Crippen molar-refractivity contribution >= 4 is 40.6 Å². The lowest BCUT2D eigenvalue weighted by atomic mass is 10.0. The highest BCUT2D eigenvalue weighted by Crippen LogP contribution is 2.33. The third-order valence-electron chi connectivity index (χ3n) is 5.74. The number of thiophene rings is 1. The van der Waals surface area contributed by atoms with Crippen LogP contribution >= 0.6 is 11.3 Å². The Morgan fingerprint density at radius 2 is 1.67 bits per heavy atom. The molecule has 1 amide bonds. The monoisotopic (exact) mass is 511 g/mol. The highest BCUT2D eigenvalue weighted by molar-refractivity contribution is 7.13. The first-order chi connectivity index (χ1) is 17.2. The molecular weight excluding hydrogens is 482 g/mol. The first kappa shape index (κ1) is 26.7. The predicted octanol–water partition coefficient (Wildman–Crippen LogP) is 3.89. The van der Waals surface area contributed by atoms with E-state index in [1.807, 2.05) is 49.4 Å². The molecule has 0 atom stereocenters. The molecule has 3 N–H and O–H groups in total. The van der Waals surface area contributed by atoms with E-state index in [0.717, 1.165) is 48.9 Å². The smallest absolute Gasteiger partial charge is 0.414 e. The van der Waals surface area contributed by atoms with Crippen LogP contribution in [-0.4, -0.2) is 73.3 Å². The number of nitrogens with one attached hydrogen (secondary N) is 1. The van der Waals surface area contributed by atoms with E-state index in [1.165, 1.54) is 10.4 Å². The van der Waals surface area contributed by atoms with Crippen molar-refractivity contribution in [3.63, 3.8) is 0 Å². The Kier molecular flexibility index (Phi) is 9.04. The summed E-state index contributed by atoms with van der Waals surface area (Å²) in [6.07, 6.45) is 0. The molecule has 1 saturated heterocycles. The van der Waals surface area contributed by atoms with Crippen molar-refractivity contribution in [2.45, 2.75) is 6.92 Å². The van der Waals surface area contributed by atoms with Gasteiger partial charge >= 0.3 is 11.9 Å². The summed E-state index contributed by atoms with van der Waals surface area (Å²) in [5.74, 6) is -2.93. The van der Waals surface area contributed by atoms with Crippen LogP contribution in [0.25, 0.3) is 10.4 Å². The molecule has 0 radical (unpaired) electrons. The fraction of sp³-hybridized carbons (Fsp3) is 0.269. The Hall–Kier alpha value is -3.89. The van der Waals surface area contributed by atoms with Gasteiger partial charge < -0.3 is 30.1 Å². The van der Waals surface area contributed by atoms with E-state index in [2.05, 4.69) is 33.6 Å². The zero-order valence-corrected chi connectivity index (χ0v) is 21.2. The van der Waals surface area contributed by atoms with Crippen LogP contribution in [0.3, 0.4) is 0 Å². The van der Waals surface area contributed by atoms with Gasteiger partial charge in [0.1, 0.15) is 5.75 Å². The first-order valence-electron chi connectivity index (χ1n) is 11.2. The van der Waals surface area contributed by atoms with Gasteiger partial charge in [0, 0.05) is 42.3 Å². The second kappa shape index (κ2) is 12.2. The van der Waals surface area contributed by atoms with E-state index in [1.54, 1.807) is 18.4 Å². The molecule has 1 aliphatic rings. The number of hydrogen-bond donors (Lipinski definition) is 3. The maximum atomic E-state index is 12.9. The largest absolute Gasteiger partial charge is 0.495 e. The van der Waals surface area contributed by atoms with Gasteiger partial charge in [0.25, 0.3) is 5.91 Å². The molecule has 9 nitrogen and oxygen atoms in total. The molecule has 0 bridgehead atoms. The topological polar surface area (TPSA) is 119 Å². The number of nitrogens with zero attached hydrogens (tertiary/aromatic N) is 2. The molecule has 2 heterocycles. The highest BCUT2D eigenvalue weighted by Gasteiger charge is 2.19. The summed E-state index contributed by atoms with van der Waals surface area (Å²) in [4.78, 5) is 36.9. The number of carboxylic acids is 2. The van der Waals surface area contributed by atoms with E-state index in [-0.39, 0.29) is 5.91 Å². The molecule has 0 aliphatic carbocycles. The van der Waals surface area contributed by atoms with Gasteiger partial charge in [0.05, 0.1) is 12.8 Å². The number of aliphatic carboxylic acids is 2. The number of likely N-dealkylation sites (N-methyl/N-ethyl adjacent to an activating group) is 1. The summed E-state index contributed by atoms with van der Waals surface area (Å²) < 4.78 is 5.57. The minimum atomic E-state index is -1.82. The molecule has 4 rings (SSSR count). The van der Waals surface area contributed by atoms with Crippen molar-refractivity contribution < 1.29 is 29.3 Å². The lowest BCUT2D eigenvalue weighted by Gasteiger charge is -2.35. The van der Waals surface area contributed by atoms with E-state index in [9.17, 15) is 4.79 Å². The minimum absolute atomic E-state index is 0.106. The molecule has 0 spiro atoms. The third-order valence-corrected chi connectivity index (χ3v) is 6.64. The standard InChI is InChI=1S/C24H27N3O2S.C2H2O4/c1-17-15-18(6-8-20(17)23-5-4-14-30-23)24(28)25-19-7-9-22(29-3)21(16-19)27-12-10-26(2)11-13-27;3-1(4)2(5)6/h4-9,14-16H,10-13H2,1-3H3,(H,25,28);(H,3,4)(H,5,6). The Balaban J connectivity index is 0.000000538. The Bertz CT molecular complexity index is 1210. The number of piperazine rings is 1. The summed E-state index contributed by atoms with van der Waals surface area (Å²) in [7, 11) is 3.82. The van der Waals surface area contributed by atoms with Crippen LogP contribution in [0.1, 0.15) is 15.9 Å². The molecule has 2 aromatic carbocycles. The fourth-order valence-electron chi connectivity index (χ4n) is 3.78. The van der Waals surface area contributed by atoms with Crippen LogP contribution in [-0.2, 0) is 9.59 Å². The van der Waals surface area contributed by atoms with Gasteiger partial charge in [-0.15, -0.1) is 11.3 Å². The lowest BCUT2D eigenvalue weighted by molar-refractivity contribution is -0.159.